The highest BCUT2D eigenvalue weighted by Gasteiger charge is 2.54. The highest BCUT2D eigenvalue weighted by Crippen LogP contribution is 2.54. The molecule has 0 bridgehead atoms. The van der Waals surface area contributed by atoms with Gasteiger partial charge >= 0.3 is 6.09 Å². The zero-order valence-corrected chi connectivity index (χ0v) is 18.5. The third-order valence-electron chi connectivity index (χ3n) is 5.79. The molecule has 3 rings (SSSR count). The van der Waals surface area contributed by atoms with Crippen molar-refractivity contribution in [2.75, 3.05) is 20.2 Å². The molecule has 1 aliphatic heterocycles. The second-order valence-electron chi connectivity index (χ2n) is 8.83. The SMILES string of the molecule is COc1ccc(C2C3CN(C(=O)OC(C)(C)C)CC=C3C(C#N)=C(N)C2(C#N)C#N)cc1. The van der Waals surface area contributed by atoms with E-state index in [-0.39, 0.29) is 24.4 Å². The van der Waals surface area contributed by atoms with E-state index in [1.165, 1.54) is 4.90 Å². The van der Waals surface area contributed by atoms with Crippen LogP contribution < -0.4 is 10.5 Å². The van der Waals surface area contributed by atoms with Gasteiger partial charge in [0.2, 0.25) is 0 Å². The minimum atomic E-state index is -1.77. The maximum absolute atomic E-state index is 12.8. The van der Waals surface area contributed by atoms with E-state index >= 15 is 0 Å². The first kappa shape index (κ1) is 22.7. The van der Waals surface area contributed by atoms with Crippen molar-refractivity contribution in [2.24, 2.45) is 17.1 Å². The van der Waals surface area contributed by atoms with Crippen molar-refractivity contribution < 1.29 is 14.3 Å². The van der Waals surface area contributed by atoms with Crippen LogP contribution in [0.15, 0.2) is 47.2 Å². The summed E-state index contributed by atoms with van der Waals surface area (Å²) in [6, 6.07) is 13.3. The number of methoxy groups -OCH3 is 1. The lowest BCUT2D eigenvalue weighted by Gasteiger charge is -2.45. The van der Waals surface area contributed by atoms with E-state index in [1.807, 2.05) is 0 Å². The van der Waals surface area contributed by atoms with Crippen molar-refractivity contribution in [3.63, 3.8) is 0 Å². The van der Waals surface area contributed by atoms with Gasteiger partial charge in [-0.05, 0) is 44.0 Å². The maximum Gasteiger partial charge on any atom is 0.410 e. The molecule has 2 atom stereocenters. The summed E-state index contributed by atoms with van der Waals surface area (Å²) in [5, 5.41) is 30.1. The highest BCUT2D eigenvalue weighted by molar-refractivity contribution is 5.70. The van der Waals surface area contributed by atoms with Gasteiger partial charge in [-0.3, -0.25) is 0 Å². The lowest BCUT2D eigenvalue weighted by molar-refractivity contribution is 0.0224. The molecule has 1 amide bonds. The molecule has 1 heterocycles. The minimum Gasteiger partial charge on any atom is -0.497 e. The lowest BCUT2D eigenvalue weighted by Crippen LogP contribution is -2.50. The van der Waals surface area contributed by atoms with Crippen molar-refractivity contribution in [3.05, 3.63) is 52.7 Å². The highest BCUT2D eigenvalue weighted by atomic mass is 16.6. The number of nitrogens with two attached hydrogens (primary N) is 1. The lowest BCUT2D eigenvalue weighted by atomic mass is 9.58. The Kier molecular flexibility index (Phi) is 5.88. The van der Waals surface area contributed by atoms with Crippen LogP contribution in [-0.2, 0) is 4.74 Å². The molecule has 1 aromatic carbocycles. The van der Waals surface area contributed by atoms with Gasteiger partial charge in [-0.2, -0.15) is 15.8 Å². The normalized spacial score (nSPS) is 21.9. The Morgan fingerprint density at radius 1 is 1.19 bits per heavy atom. The van der Waals surface area contributed by atoms with Gasteiger partial charge < -0.3 is 20.1 Å². The number of ether oxygens (including phenoxy) is 2. The summed E-state index contributed by atoms with van der Waals surface area (Å²) in [7, 11) is 1.55. The Hall–Kier alpha value is -3.96. The van der Waals surface area contributed by atoms with Crippen molar-refractivity contribution in [2.45, 2.75) is 32.3 Å². The van der Waals surface area contributed by atoms with Crippen molar-refractivity contribution in [1.29, 1.82) is 15.8 Å². The average molecular weight is 431 g/mol. The Labute approximate surface area is 187 Å². The standard InChI is InChI=1S/C24H25N5O3/c1-23(2,3)32-22(30)29-10-9-17-18(11-25)21(28)24(13-26,14-27)20(19(17)12-29)15-5-7-16(31-4)8-6-15/h5-9,19-20H,10,12,28H2,1-4H3. The van der Waals surface area contributed by atoms with Crippen LogP contribution in [0.3, 0.4) is 0 Å². The van der Waals surface area contributed by atoms with Crippen LogP contribution in [0.2, 0.25) is 0 Å². The van der Waals surface area contributed by atoms with Crippen molar-refractivity contribution >= 4 is 6.09 Å². The largest absolute Gasteiger partial charge is 0.497 e. The summed E-state index contributed by atoms with van der Waals surface area (Å²) in [5.41, 5.74) is 5.27. The minimum absolute atomic E-state index is 0.0564. The molecule has 0 saturated carbocycles. The number of fused-ring (bicyclic) bond motifs is 1. The Morgan fingerprint density at radius 2 is 1.81 bits per heavy atom. The predicted octanol–water partition coefficient (Wildman–Crippen LogP) is 3.36. The van der Waals surface area contributed by atoms with E-state index in [0.29, 0.717) is 16.9 Å². The molecule has 32 heavy (non-hydrogen) atoms. The van der Waals surface area contributed by atoms with Crippen molar-refractivity contribution in [1.82, 2.24) is 4.90 Å². The van der Waals surface area contributed by atoms with Gasteiger partial charge in [0.05, 0.1) is 30.5 Å². The molecule has 2 aliphatic rings. The van der Waals surface area contributed by atoms with E-state index in [1.54, 1.807) is 58.2 Å². The number of amides is 1. The molecule has 2 unspecified atom stereocenters. The fraction of sp³-hybridized carbons (Fsp3) is 0.417. The number of hydrogen-bond acceptors (Lipinski definition) is 7. The van der Waals surface area contributed by atoms with E-state index in [2.05, 4.69) is 18.2 Å². The van der Waals surface area contributed by atoms with Gasteiger partial charge in [-0.15, -0.1) is 0 Å². The molecule has 8 heteroatoms. The maximum atomic E-state index is 12.8. The van der Waals surface area contributed by atoms with Crippen LogP contribution in [0.4, 0.5) is 4.79 Å². The number of allylic oxidation sites excluding steroid dienone is 2. The summed E-state index contributed by atoms with van der Waals surface area (Å²) in [6.45, 7) is 5.77. The molecule has 164 valence electrons. The second kappa shape index (κ2) is 8.29. The number of hydrogen-bond donors (Lipinski definition) is 1. The van der Waals surface area contributed by atoms with E-state index in [4.69, 9.17) is 15.2 Å². The van der Waals surface area contributed by atoms with Crippen LogP contribution in [-0.4, -0.2) is 36.8 Å². The van der Waals surface area contributed by atoms with Gasteiger partial charge in [-0.1, -0.05) is 18.2 Å². The Bertz CT molecular complexity index is 1090. The second-order valence-corrected chi connectivity index (χ2v) is 8.83. The van der Waals surface area contributed by atoms with Crippen molar-refractivity contribution in [3.8, 4) is 24.0 Å². The number of benzene rings is 1. The first-order valence-electron chi connectivity index (χ1n) is 10.2. The molecule has 0 saturated heterocycles. The zero-order valence-electron chi connectivity index (χ0n) is 18.5. The Morgan fingerprint density at radius 3 is 2.31 bits per heavy atom. The van der Waals surface area contributed by atoms with Crippen LogP contribution in [0.5, 0.6) is 5.75 Å². The number of carbonyl (C=O) groups is 1. The molecule has 0 fully saturated rings. The summed E-state index contributed by atoms with van der Waals surface area (Å²) in [6.07, 6.45) is 1.26. The van der Waals surface area contributed by atoms with Crippen LogP contribution in [0.1, 0.15) is 32.3 Å². The number of carbonyl (C=O) groups excluding carboxylic acids is 1. The van der Waals surface area contributed by atoms with Gasteiger partial charge in [0.25, 0.3) is 0 Å². The quantitative estimate of drug-likeness (QED) is 0.758. The van der Waals surface area contributed by atoms with Gasteiger partial charge in [0.1, 0.15) is 17.4 Å². The molecule has 2 N–H and O–H groups in total. The molecule has 1 aliphatic carbocycles. The first-order valence-corrected chi connectivity index (χ1v) is 10.2. The van der Waals surface area contributed by atoms with E-state index in [0.717, 1.165) is 0 Å². The monoisotopic (exact) mass is 431 g/mol. The smallest absolute Gasteiger partial charge is 0.410 e. The van der Waals surface area contributed by atoms with E-state index in [9.17, 15) is 20.6 Å². The number of nitriles is 3. The molecule has 0 spiro atoms. The molecule has 0 radical (unpaired) electrons. The molecule has 8 nitrogen and oxygen atoms in total. The van der Waals surface area contributed by atoms with Gasteiger partial charge in [0, 0.05) is 24.9 Å². The van der Waals surface area contributed by atoms with Gasteiger partial charge in [-0.25, -0.2) is 4.79 Å². The average Bonchev–Trinajstić information content (AvgIpc) is 2.77. The topological polar surface area (TPSA) is 136 Å². The van der Waals surface area contributed by atoms with E-state index < -0.39 is 28.9 Å². The fourth-order valence-electron chi connectivity index (χ4n) is 4.34. The molecule has 1 aromatic rings. The third-order valence-corrected chi connectivity index (χ3v) is 5.79. The summed E-state index contributed by atoms with van der Waals surface area (Å²) in [5.74, 6) is -0.567. The Balaban J connectivity index is 2.17. The predicted molar refractivity (Wildman–Crippen MR) is 116 cm³/mol. The number of nitrogens with zero attached hydrogens (tertiary/aromatic N) is 4. The van der Waals surface area contributed by atoms with Crippen LogP contribution >= 0.6 is 0 Å². The summed E-state index contributed by atoms with van der Waals surface area (Å²) >= 11 is 0. The van der Waals surface area contributed by atoms with Crippen LogP contribution in [0, 0.1) is 45.3 Å². The molecular weight excluding hydrogens is 406 g/mol. The third kappa shape index (κ3) is 3.74. The van der Waals surface area contributed by atoms with Gasteiger partial charge in [0.15, 0.2) is 5.41 Å². The molecule has 0 aromatic heterocycles. The summed E-state index contributed by atoms with van der Waals surface area (Å²) in [4.78, 5) is 14.3. The van der Waals surface area contributed by atoms with Crippen LogP contribution in [0.25, 0.3) is 0 Å². The number of rotatable bonds is 2. The fourth-order valence-corrected chi connectivity index (χ4v) is 4.34. The zero-order chi connectivity index (χ0) is 23.7. The summed E-state index contributed by atoms with van der Waals surface area (Å²) < 4.78 is 10.7. The molecular formula is C24H25N5O3. The first-order chi connectivity index (χ1) is 15.1.